The van der Waals surface area contributed by atoms with Crippen LogP contribution in [0.4, 0.5) is 0 Å². The molecule has 1 unspecified atom stereocenters. The van der Waals surface area contributed by atoms with Gasteiger partial charge in [0.1, 0.15) is 18.1 Å². The molecular weight excluding hydrogens is 702 g/mol. The highest BCUT2D eigenvalue weighted by molar-refractivity contribution is 8.00. The topological polar surface area (TPSA) is 99.5 Å². The Balaban J connectivity index is 1.19. The van der Waals surface area contributed by atoms with E-state index in [4.69, 9.17) is 21.1 Å². The lowest BCUT2D eigenvalue weighted by molar-refractivity contribution is 0.0977. The normalized spacial score (nSPS) is 14.0. The van der Waals surface area contributed by atoms with Gasteiger partial charge in [-0.05, 0) is 60.0 Å². The molecule has 2 aromatic heterocycles. The maximum Gasteiger partial charge on any atom is 0.268 e. The number of halogens is 1. The number of amides is 1. The molecule has 0 fully saturated rings. The molecule has 3 heterocycles. The van der Waals surface area contributed by atoms with Gasteiger partial charge in [-0.15, -0.1) is 11.8 Å². The third-order valence-electron chi connectivity index (χ3n) is 8.73. The summed E-state index contributed by atoms with van der Waals surface area (Å²) in [6, 6.07) is 33.0. The van der Waals surface area contributed by atoms with Gasteiger partial charge in [-0.25, -0.2) is 13.1 Å². The molecule has 6 aromatic rings. The average molecular weight is 738 g/mol. The number of nitrogens with zero attached hydrogens (tertiary/aromatic N) is 2. The molecule has 0 aliphatic carbocycles. The summed E-state index contributed by atoms with van der Waals surface area (Å²) in [7, 11) is -3.74. The van der Waals surface area contributed by atoms with Gasteiger partial charge >= 0.3 is 0 Å². The summed E-state index contributed by atoms with van der Waals surface area (Å²) in [6.45, 7) is 3.48. The quantitative estimate of drug-likeness (QED) is 0.135. The van der Waals surface area contributed by atoms with Gasteiger partial charge < -0.3 is 14.0 Å². The highest BCUT2D eigenvalue weighted by Crippen LogP contribution is 2.47. The van der Waals surface area contributed by atoms with Crippen LogP contribution in [0.25, 0.3) is 22.0 Å². The molecule has 4 aromatic carbocycles. The van der Waals surface area contributed by atoms with Gasteiger partial charge in [0, 0.05) is 56.5 Å². The number of sulfonamides is 1. The number of aromatic nitrogens is 2. The molecule has 1 N–H and O–H groups in total. The summed E-state index contributed by atoms with van der Waals surface area (Å²) >= 11 is 8.08. The Labute approximate surface area is 306 Å². The van der Waals surface area contributed by atoms with Crippen LogP contribution in [-0.4, -0.2) is 42.0 Å². The van der Waals surface area contributed by atoms with Gasteiger partial charge in [0.25, 0.3) is 5.91 Å². The second kappa shape index (κ2) is 14.8. The standard InChI is InChI=1S/C40H36ClN3O5S2/c1-26-22-33-37(49-25-31-17-14-29(23-42-31)28-8-4-3-5-9-28)19-18-34-38(33)39(50-26)35(44(34)24-27-12-15-30(41)16-13-27)20-21-48-36-11-7-6-10-32(36)40(45)43-51(2,46)47/h3-19,23,26H,20-22,24-25H2,1-2H3,(H,43,45). The summed E-state index contributed by atoms with van der Waals surface area (Å²) < 4.78 is 40.5. The molecular formula is C40H36ClN3O5S2. The highest BCUT2D eigenvalue weighted by atomic mass is 35.5. The Hall–Kier alpha value is -4.77. The first-order valence-electron chi connectivity index (χ1n) is 16.6. The summed E-state index contributed by atoms with van der Waals surface area (Å²) in [5.74, 6) is 0.432. The van der Waals surface area contributed by atoms with Crippen LogP contribution in [0.15, 0.2) is 114 Å². The predicted molar refractivity (Wildman–Crippen MR) is 203 cm³/mol. The van der Waals surface area contributed by atoms with E-state index in [1.807, 2.05) is 71.2 Å². The molecule has 1 aliphatic heterocycles. The van der Waals surface area contributed by atoms with Gasteiger partial charge in [-0.1, -0.05) is 79.2 Å². The van der Waals surface area contributed by atoms with E-state index in [9.17, 15) is 13.2 Å². The van der Waals surface area contributed by atoms with Crippen molar-refractivity contribution in [2.75, 3.05) is 12.9 Å². The summed E-state index contributed by atoms with van der Waals surface area (Å²) in [4.78, 5) is 18.6. The van der Waals surface area contributed by atoms with Crippen molar-refractivity contribution >= 4 is 50.2 Å². The molecule has 7 rings (SSSR count). The van der Waals surface area contributed by atoms with Crippen molar-refractivity contribution in [2.45, 2.75) is 43.1 Å². The van der Waals surface area contributed by atoms with E-state index in [1.54, 1.807) is 24.3 Å². The molecule has 0 spiro atoms. The van der Waals surface area contributed by atoms with Gasteiger partial charge in [-0.2, -0.15) is 0 Å². The van der Waals surface area contributed by atoms with E-state index >= 15 is 0 Å². The van der Waals surface area contributed by atoms with Gasteiger partial charge in [0.05, 0.1) is 29.6 Å². The van der Waals surface area contributed by atoms with Crippen molar-refractivity contribution in [1.82, 2.24) is 14.3 Å². The van der Waals surface area contributed by atoms with E-state index in [1.165, 1.54) is 15.8 Å². The smallest absolute Gasteiger partial charge is 0.268 e. The zero-order valence-electron chi connectivity index (χ0n) is 28.1. The van der Waals surface area contributed by atoms with Crippen molar-refractivity contribution in [1.29, 1.82) is 0 Å². The largest absolute Gasteiger partial charge is 0.492 e. The molecule has 260 valence electrons. The maximum absolute atomic E-state index is 12.7. The fraction of sp³-hybridized carbons (Fsp3) is 0.200. The SMILES string of the molecule is CC1Cc2c(OCc3ccc(-c4ccccc4)cn3)ccc3c2c(c(CCOc2ccccc2C(=O)NS(C)(=O)=O)n3Cc2ccc(Cl)cc2)S1. The lowest BCUT2D eigenvalue weighted by Gasteiger charge is -2.22. The minimum atomic E-state index is -3.74. The molecule has 11 heteroatoms. The van der Waals surface area contributed by atoms with Crippen molar-refractivity contribution in [2.24, 2.45) is 0 Å². The molecule has 1 aliphatic rings. The Morgan fingerprint density at radius 3 is 2.43 bits per heavy atom. The third kappa shape index (κ3) is 7.93. The Kier molecular flexibility index (Phi) is 10.1. The van der Waals surface area contributed by atoms with E-state index in [0.29, 0.717) is 35.6 Å². The number of carbonyl (C=O) groups excluding carboxylic acids is 1. The van der Waals surface area contributed by atoms with E-state index < -0.39 is 15.9 Å². The average Bonchev–Trinajstić information content (AvgIpc) is 3.41. The van der Waals surface area contributed by atoms with E-state index in [0.717, 1.165) is 52.0 Å². The molecule has 0 saturated heterocycles. The van der Waals surface area contributed by atoms with Crippen molar-refractivity contribution in [3.8, 4) is 22.6 Å². The lowest BCUT2D eigenvalue weighted by Crippen LogP contribution is -2.29. The molecule has 0 saturated carbocycles. The van der Waals surface area contributed by atoms with Crippen LogP contribution >= 0.6 is 23.4 Å². The van der Waals surface area contributed by atoms with Crippen LogP contribution in [0.5, 0.6) is 11.5 Å². The molecule has 1 amide bonds. The van der Waals surface area contributed by atoms with Crippen molar-refractivity contribution in [3.63, 3.8) is 0 Å². The number of thioether (sulfide) groups is 1. The van der Waals surface area contributed by atoms with E-state index in [-0.39, 0.29) is 12.2 Å². The second-order valence-corrected chi connectivity index (χ2v) is 16.2. The second-order valence-electron chi connectivity index (χ2n) is 12.5. The fourth-order valence-corrected chi connectivity index (χ4v) is 8.35. The molecule has 0 bridgehead atoms. The number of rotatable bonds is 12. The lowest BCUT2D eigenvalue weighted by atomic mass is 10.0. The summed E-state index contributed by atoms with van der Waals surface area (Å²) in [5, 5.41) is 2.17. The zero-order valence-corrected chi connectivity index (χ0v) is 30.5. The summed E-state index contributed by atoms with van der Waals surface area (Å²) in [5.41, 5.74) is 7.70. The van der Waals surface area contributed by atoms with Crippen LogP contribution in [0.3, 0.4) is 0 Å². The number of hydrogen-bond acceptors (Lipinski definition) is 7. The number of ether oxygens (including phenoxy) is 2. The number of pyridine rings is 1. The van der Waals surface area contributed by atoms with Gasteiger partial charge in [-0.3, -0.25) is 9.78 Å². The van der Waals surface area contributed by atoms with Gasteiger partial charge in [0.2, 0.25) is 10.0 Å². The van der Waals surface area contributed by atoms with Crippen LogP contribution in [0.2, 0.25) is 5.02 Å². The van der Waals surface area contributed by atoms with Crippen LogP contribution < -0.4 is 14.2 Å². The first-order valence-corrected chi connectivity index (χ1v) is 19.7. The highest BCUT2D eigenvalue weighted by Gasteiger charge is 2.29. The minimum Gasteiger partial charge on any atom is -0.492 e. The monoisotopic (exact) mass is 737 g/mol. The van der Waals surface area contributed by atoms with Crippen LogP contribution in [-0.2, 0) is 36.0 Å². The zero-order chi connectivity index (χ0) is 35.5. The molecule has 0 radical (unpaired) electrons. The molecule has 51 heavy (non-hydrogen) atoms. The first-order chi connectivity index (χ1) is 24.6. The number of benzene rings is 4. The van der Waals surface area contributed by atoms with Crippen LogP contribution in [0.1, 0.15) is 39.8 Å². The molecule has 8 nitrogen and oxygen atoms in total. The number of carbonyl (C=O) groups is 1. The summed E-state index contributed by atoms with van der Waals surface area (Å²) in [6.07, 6.45) is 4.24. The number of hydrogen-bond donors (Lipinski definition) is 1. The van der Waals surface area contributed by atoms with Crippen molar-refractivity contribution < 1.29 is 22.7 Å². The first kappa shape index (κ1) is 34.7. The molecule has 1 atom stereocenters. The number of nitrogens with one attached hydrogen (secondary N) is 1. The van der Waals surface area contributed by atoms with Crippen LogP contribution in [0, 0.1) is 0 Å². The Bertz CT molecular complexity index is 2310. The minimum absolute atomic E-state index is 0.155. The fourth-order valence-electron chi connectivity index (χ4n) is 6.43. The van der Waals surface area contributed by atoms with Crippen molar-refractivity contribution in [3.05, 3.63) is 142 Å². The maximum atomic E-state index is 12.7. The Morgan fingerprint density at radius 2 is 1.69 bits per heavy atom. The predicted octanol–water partition coefficient (Wildman–Crippen LogP) is 8.33. The van der Waals surface area contributed by atoms with E-state index in [2.05, 4.69) is 46.8 Å². The Morgan fingerprint density at radius 1 is 0.922 bits per heavy atom. The van der Waals surface area contributed by atoms with Gasteiger partial charge in [0.15, 0.2) is 0 Å². The third-order valence-corrected chi connectivity index (χ3v) is 10.8. The number of para-hydroxylation sites is 1.